The molecule has 136 valence electrons. The Morgan fingerprint density at radius 2 is 2.35 bits per heavy atom. The van der Waals surface area contributed by atoms with Gasteiger partial charge in [-0.3, -0.25) is 4.79 Å². The first-order valence-corrected chi connectivity index (χ1v) is 9.62. The molecule has 0 saturated carbocycles. The van der Waals surface area contributed by atoms with Crippen LogP contribution in [0.3, 0.4) is 0 Å². The molecule has 0 saturated heterocycles. The summed E-state index contributed by atoms with van der Waals surface area (Å²) in [5.41, 5.74) is 2.54. The largest absolute Gasteiger partial charge is 0.495 e. The quantitative estimate of drug-likeness (QED) is 0.808. The molecule has 3 rings (SSSR count). The highest BCUT2D eigenvalue weighted by atomic mass is 35.5. The van der Waals surface area contributed by atoms with E-state index in [1.54, 1.807) is 13.2 Å². The molecule has 0 spiro atoms. The van der Waals surface area contributed by atoms with Gasteiger partial charge >= 0.3 is 0 Å². The van der Waals surface area contributed by atoms with Crippen LogP contribution in [0.5, 0.6) is 5.75 Å². The molecular weight excluding hydrogens is 370 g/mol. The van der Waals surface area contributed by atoms with Gasteiger partial charge in [0, 0.05) is 17.8 Å². The summed E-state index contributed by atoms with van der Waals surface area (Å²) in [5.74, 6) is 0.403. The summed E-state index contributed by atoms with van der Waals surface area (Å²) < 4.78 is 5.24. The minimum atomic E-state index is -0.126. The van der Waals surface area contributed by atoms with Gasteiger partial charge < -0.3 is 15.4 Å². The van der Waals surface area contributed by atoms with Crippen LogP contribution < -0.4 is 15.4 Å². The number of ether oxygens (including phenoxy) is 1. The number of halogens is 1. The number of rotatable bonds is 5. The van der Waals surface area contributed by atoms with E-state index in [9.17, 15) is 10.1 Å². The predicted molar refractivity (Wildman–Crippen MR) is 104 cm³/mol. The van der Waals surface area contributed by atoms with Crippen molar-refractivity contribution in [1.82, 2.24) is 5.32 Å². The lowest BCUT2D eigenvalue weighted by atomic mass is 9.97. The molecule has 0 bridgehead atoms. The van der Waals surface area contributed by atoms with E-state index in [1.165, 1.54) is 11.3 Å². The van der Waals surface area contributed by atoms with Gasteiger partial charge in [0.2, 0.25) is 5.91 Å². The summed E-state index contributed by atoms with van der Waals surface area (Å²) in [5, 5.41) is 16.9. The number of fused-ring (bicyclic) bond motifs is 1. The van der Waals surface area contributed by atoms with Gasteiger partial charge in [0.05, 0.1) is 17.7 Å². The molecule has 0 fully saturated rings. The van der Waals surface area contributed by atoms with Crippen LogP contribution in [0.1, 0.15) is 40.8 Å². The molecule has 2 aromatic rings. The van der Waals surface area contributed by atoms with E-state index in [4.69, 9.17) is 16.3 Å². The van der Waals surface area contributed by atoms with Gasteiger partial charge in [0.25, 0.3) is 0 Å². The summed E-state index contributed by atoms with van der Waals surface area (Å²) in [6, 6.07) is 7.81. The number of amides is 1. The van der Waals surface area contributed by atoms with Gasteiger partial charge in [-0.15, -0.1) is 11.3 Å². The molecule has 2 N–H and O–H groups in total. The van der Waals surface area contributed by atoms with Gasteiger partial charge in [0.1, 0.15) is 16.8 Å². The fourth-order valence-corrected chi connectivity index (χ4v) is 4.75. The lowest BCUT2D eigenvalue weighted by Crippen LogP contribution is -2.22. The number of nitriles is 1. The smallest absolute Gasteiger partial charge is 0.225 e. The van der Waals surface area contributed by atoms with E-state index in [-0.39, 0.29) is 18.2 Å². The number of methoxy groups -OCH3 is 1. The fourth-order valence-electron chi connectivity index (χ4n) is 3.17. The summed E-state index contributed by atoms with van der Waals surface area (Å²) in [6.45, 7) is 3.56. The second kappa shape index (κ2) is 8.09. The Balaban J connectivity index is 1.74. The Kier molecular flexibility index (Phi) is 5.82. The second-order valence-electron chi connectivity index (χ2n) is 6.26. The minimum absolute atomic E-state index is 0.0700. The number of nitrogens with zero attached hydrogens (tertiary/aromatic N) is 1. The average Bonchev–Trinajstić information content (AvgIpc) is 2.98. The molecule has 0 aliphatic carbocycles. The summed E-state index contributed by atoms with van der Waals surface area (Å²) in [4.78, 5) is 13.7. The zero-order valence-corrected chi connectivity index (χ0v) is 16.3. The van der Waals surface area contributed by atoms with Crippen LogP contribution in [0.4, 0.5) is 5.00 Å². The molecule has 5 nitrogen and oxygen atoms in total. The Morgan fingerprint density at radius 3 is 3.08 bits per heavy atom. The third-order valence-electron chi connectivity index (χ3n) is 4.53. The first kappa shape index (κ1) is 18.7. The molecule has 0 radical (unpaired) electrons. The normalized spacial score (nSPS) is 14.2. The SMILES string of the molecule is COc1cccc([C@@H](C)CC(=O)Nc2sc3c(c2C#N)CCNC3)c1Cl. The number of carbonyl (C=O) groups excluding carboxylic acids is 1. The standard InChI is InChI=1S/C19H20ClN3O2S/c1-11(12-4-3-5-15(25-2)18(12)20)8-17(24)23-19-14(9-21)13-6-7-22-10-16(13)26-19/h3-5,11,22H,6-8,10H2,1-2H3,(H,23,24)/t11-/m0/s1. The van der Waals surface area contributed by atoms with Gasteiger partial charge in [-0.25, -0.2) is 0 Å². The molecule has 26 heavy (non-hydrogen) atoms. The maximum absolute atomic E-state index is 12.5. The molecule has 1 atom stereocenters. The van der Waals surface area contributed by atoms with E-state index >= 15 is 0 Å². The van der Waals surface area contributed by atoms with E-state index in [0.29, 0.717) is 21.3 Å². The fraction of sp³-hybridized carbons (Fsp3) is 0.368. The van der Waals surface area contributed by atoms with Gasteiger partial charge in [-0.1, -0.05) is 30.7 Å². The first-order chi connectivity index (χ1) is 12.5. The number of hydrogen-bond acceptors (Lipinski definition) is 5. The number of carbonyl (C=O) groups is 1. The second-order valence-corrected chi connectivity index (χ2v) is 7.75. The average molecular weight is 390 g/mol. The van der Waals surface area contributed by atoms with Crippen molar-refractivity contribution in [3.8, 4) is 11.8 Å². The zero-order chi connectivity index (χ0) is 18.7. The Labute approximate surface area is 161 Å². The van der Waals surface area contributed by atoms with Gasteiger partial charge in [-0.05, 0) is 36.1 Å². The van der Waals surface area contributed by atoms with Crippen LogP contribution >= 0.6 is 22.9 Å². The molecule has 1 aromatic carbocycles. The van der Waals surface area contributed by atoms with Crippen molar-refractivity contribution < 1.29 is 9.53 Å². The molecule has 2 heterocycles. The molecule has 1 aliphatic rings. The van der Waals surface area contributed by atoms with Crippen molar-refractivity contribution in [2.45, 2.75) is 32.2 Å². The van der Waals surface area contributed by atoms with E-state index in [0.717, 1.165) is 35.5 Å². The third-order valence-corrected chi connectivity index (χ3v) is 6.08. The number of benzene rings is 1. The number of nitrogens with one attached hydrogen (secondary N) is 2. The molecule has 1 aliphatic heterocycles. The van der Waals surface area contributed by atoms with E-state index < -0.39 is 0 Å². The maximum Gasteiger partial charge on any atom is 0.225 e. The van der Waals surface area contributed by atoms with Crippen LogP contribution in [0, 0.1) is 11.3 Å². The highest BCUT2D eigenvalue weighted by Gasteiger charge is 2.23. The van der Waals surface area contributed by atoms with Crippen molar-refractivity contribution in [2.24, 2.45) is 0 Å². The lowest BCUT2D eigenvalue weighted by Gasteiger charge is -2.15. The molecule has 7 heteroatoms. The van der Waals surface area contributed by atoms with Crippen LogP contribution in [-0.2, 0) is 17.8 Å². The van der Waals surface area contributed by atoms with E-state index in [2.05, 4.69) is 16.7 Å². The highest BCUT2D eigenvalue weighted by Crippen LogP contribution is 2.36. The summed E-state index contributed by atoms with van der Waals surface area (Å²) >= 11 is 7.84. The maximum atomic E-state index is 12.5. The van der Waals surface area contributed by atoms with Crippen molar-refractivity contribution in [2.75, 3.05) is 19.0 Å². The molecule has 1 aromatic heterocycles. The monoisotopic (exact) mass is 389 g/mol. The zero-order valence-electron chi connectivity index (χ0n) is 14.7. The first-order valence-electron chi connectivity index (χ1n) is 8.42. The van der Waals surface area contributed by atoms with Crippen LogP contribution in [-0.4, -0.2) is 19.6 Å². The highest BCUT2D eigenvalue weighted by molar-refractivity contribution is 7.16. The van der Waals surface area contributed by atoms with Crippen molar-refractivity contribution in [3.05, 3.63) is 44.8 Å². The molecule has 1 amide bonds. The Morgan fingerprint density at radius 1 is 1.54 bits per heavy atom. The minimum Gasteiger partial charge on any atom is -0.495 e. The summed E-state index contributed by atoms with van der Waals surface area (Å²) in [7, 11) is 1.57. The number of anilines is 1. The van der Waals surface area contributed by atoms with Crippen LogP contribution in [0.25, 0.3) is 0 Å². The number of thiophene rings is 1. The van der Waals surface area contributed by atoms with Gasteiger partial charge in [-0.2, -0.15) is 5.26 Å². The van der Waals surface area contributed by atoms with Crippen LogP contribution in [0.2, 0.25) is 5.02 Å². The van der Waals surface area contributed by atoms with Crippen molar-refractivity contribution >= 4 is 33.8 Å². The lowest BCUT2D eigenvalue weighted by molar-refractivity contribution is -0.116. The van der Waals surface area contributed by atoms with Gasteiger partial charge in [0.15, 0.2) is 0 Å². The van der Waals surface area contributed by atoms with Crippen molar-refractivity contribution in [1.29, 1.82) is 5.26 Å². The molecule has 0 unspecified atom stereocenters. The summed E-state index contributed by atoms with van der Waals surface area (Å²) in [6.07, 6.45) is 1.10. The Bertz CT molecular complexity index is 872. The molecular formula is C19H20ClN3O2S. The van der Waals surface area contributed by atoms with E-state index in [1.807, 2.05) is 19.1 Å². The predicted octanol–water partition coefficient (Wildman–Crippen LogP) is 4.06. The van der Waals surface area contributed by atoms with Crippen LogP contribution in [0.15, 0.2) is 18.2 Å². The topological polar surface area (TPSA) is 74.1 Å². The Hall–Kier alpha value is -2.07. The number of hydrogen-bond donors (Lipinski definition) is 2. The van der Waals surface area contributed by atoms with Crippen molar-refractivity contribution in [3.63, 3.8) is 0 Å². The third kappa shape index (κ3) is 3.70.